The molecule has 2 aromatic carbocycles. The number of imide groups is 1. The van der Waals surface area contributed by atoms with Gasteiger partial charge in [0.2, 0.25) is 5.69 Å². The Morgan fingerprint density at radius 1 is 1.00 bits per heavy atom. The maximum atomic E-state index is 12.7. The average molecular weight is 456 g/mol. The fourth-order valence-corrected chi connectivity index (χ4v) is 5.11. The van der Waals surface area contributed by atoms with Crippen LogP contribution >= 0.6 is 0 Å². The first-order valence-electron chi connectivity index (χ1n) is 10.7. The molecule has 1 N–H and O–H groups in total. The van der Waals surface area contributed by atoms with Gasteiger partial charge in [-0.05, 0) is 44.0 Å². The lowest BCUT2D eigenvalue weighted by Gasteiger charge is -2.18. The first-order valence-corrected chi connectivity index (χ1v) is 12.3. The van der Waals surface area contributed by atoms with E-state index >= 15 is 0 Å². The fourth-order valence-electron chi connectivity index (χ4n) is 4.54. The Labute approximate surface area is 188 Å². The molecule has 8 heteroatoms. The van der Waals surface area contributed by atoms with Gasteiger partial charge in [-0.2, -0.15) is 13.0 Å². The van der Waals surface area contributed by atoms with Crippen LogP contribution in [-0.2, 0) is 22.1 Å². The van der Waals surface area contributed by atoms with Crippen LogP contribution in [0.1, 0.15) is 65.5 Å². The SMILES string of the molecule is CC1=[N+](CCCCS(=O)(=O)O)c2ccc(CN3C(=O)c4ccccc4C3=O)cc2C1(C)C. The van der Waals surface area contributed by atoms with Crippen molar-refractivity contribution in [3.05, 3.63) is 64.7 Å². The summed E-state index contributed by atoms with van der Waals surface area (Å²) < 4.78 is 33.1. The highest BCUT2D eigenvalue weighted by Gasteiger charge is 2.43. The van der Waals surface area contributed by atoms with E-state index < -0.39 is 10.1 Å². The molecule has 168 valence electrons. The van der Waals surface area contributed by atoms with E-state index in [4.69, 9.17) is 4.55 Å². The van der Waals surface area contributed by atoms with Crippen molar-refractivity contribution in [2.45, 2.75) is 45.6 Å². The van der Waals surface area contributed by atoms with E-state index in [2.05, 4.69) is 31.4 Å². The Balaban J connectivity index is 1.55. The van der Waals surface area contributed by atoms with E-state index in [0.29, 0.717) is 30.5 Å². The Bertz CT molecular complexity index is 1230. The smallest absolute Gasteiger partial charge is 0.264 e. The molecule has 0 radical (unpaired) electrons. The third-order valence-corrected chi connectivity index (χ3v) is 7.39. The maximum absolute atomic E-state index is 12.7. The van der Waals surface area contributed by atoms with Crippen LogP contribution in [0.25, 0.3) is 0 Å². The highest BCUT2D eigenvalue weighted by atomic mass is 32.2. The summed E-state index contributed by atoms with van der Waals surface area (Å²) in [6.07, 6.45) is 1.01. The second kappa shape index (κ2) is 7.94. The van der Waals surface area contributed by atoms with E-state index in [-0.39, 0.29) is 29.5 Å². The monoisotopic (exact) mass is 455 g/mol. The molecule has 2 heterocycles. The lowest BCUT2D eigenvalue weighted by Crippen LogP contribution is -2.29. The van der Waals surface area contributed by atoms with Crippen molar-refractivity contribution in [3.63, 3.8) is 0 Å². The van der Waals surface area contributed by atoms with E-state index in [1.165, 1.54) is 4.90 Å². The molecule has 7 nitrogen and oxygen atoms in total. The zero-order valence-electron chi connectivity index (χ0n) is 18.5. The summed E-state index contributed by atoms with van der Waals surface area (Å²) in [6.45, 7) is 7.18. The van der Waals surface area contributed by atoms with E-state index in [1.54, 1.807) is 24.3 Å². The summed E-state index contributed by atoms with van der Waals surface area (Å²) in [5, 5.41) is 0. The number of unbranched alkanes of at least 4 members (excludes halogenated alkanes) is 1. The molecule has 2 aliphatic rings. The largest absolute Gasteiger partial charge is 0.286 e. The normalized spacial score (nSPS) is 17.2. The van der Waals surface area contributed by atoms with Crippen LogP contribution in [-0.4, -0.2) is 52.3 Å². The number of hydrogen-bond donors (Lipinski definition) is 1. The van der Waals surface area contributed by atoms with Gasteiger partial charge in [0.1, 0.15) is 6.54 Å². The van der Waals surface area contributed by atoms with E-state index in [0.717, 1.165) is 22.5 Å². The molecule has 0 aliphatic carbocycles. The van der Waals surface area contributed by atoms with Crippen LogP contribution in [0.5, 0.6) is 0 Å². The van der Waals surface area contributed by atoms with Crippen LogP contribution in [0.2, 0.25) is 0 Å². The van der Waals surface area contributed by atoms with Gasteiger partial charge in [-0.3, -0.25) is 19.0 Å². The van der Waals surface area contributed by atoms with E-state index in [1.807, 2.05) is 12.1 Å². The van der Waals surface area contributed by atoms with Crippen molar-refractivity contribution in [1.29, 1.82) is 0 Å². The molecule has 0 saturated heterocycles. The number of fused-ring (bicyclic) bond motifs is 2. The van der Waals surface area contributed by atoms with Gasteiger partial charge in [-0.25, -0.2) is 0 Å². The van der Waals surface area contributed by atoms with Crippen LogP contribution < -0.4 is 0 Å². The predicted molar refractivity (Wildman–Crippen MR) is 121 cm³/mol. The summed E-state index contributed by atoms with van der Waals surface area (Å²) in [5.74, 6) is -0.780. The highest BCUT2D eigenvalue weighted by molar-refractivity contribution is 7.85. The molecule has 0 saturated carbocycles. The minimum absolute atomic E-state index is 0.211. The molecule has 0 aromatic heterocycles. The van der Waals surface area contributed by atoms with Crippen molar-refractivity contribution in [1.82, 2.24) is 4.90 Å². The van der Waals surface area contributed by atoms with Gasteiger partial charge < -0.3 is 0 Å². The molecule has 0 atom stereocenters. The third kappa shape index (κ3) is 3.89. The maximum Gasteiger partial charge on any atom is 0.264 e. The Morgan fingerprint density at radius 3 is 2.22 bits per heavy atom. The number of benzene rings is 2. The van der Waals surface area contributed by atoms with E-state index in [9.17, 15) is 18.0 Å². The number of carbonyl (C=O) groups is 2. The van der Waals surface area contributed by atoms with Crippen LogP contribution in [0.4, 0.5) is 5.69 Å². The number of hydrogen-bond acceptors (Lipinski definition) is 4. The number of rotatable bonds is 7. The quantitative estimate of drug-likeness (QED) is 0.298. The van der Waals surface area contributed by atoms with Gasteiger partial charge in [0, 0.05) is 25.0 Å². The molecule has 0 bridgehead atoms. The van der Waals surface area contributed by atoms with Crippen LogP contribution in [0.3, 0.4) is 0 Å². The minimum atomic E-state index is -3.95. The summed E-state index contributed by atoms with van der Waals surface area (Å²) in [5.41, 5.74) is 4.84. The zero-order chi connectivity index (χ0) is 23.3. The van der Waals surface area contributed by atoms with Gasteiger partial charge in [0.15, 0.2) is 5.71 Å². The fraction of sp³-hybridized carbons (Fsp3) is 0.375. The van der Waals surface area contributed by atoms with Gasteiger partial charge in [0.05, 0.1) is 28.8 Å². The number of nitrogens with zero attached hydrogens (tertiary/aromatic N) is 2. The standard InChI is InChI=1S/C24H26N2O5S/c1-16-24(2,3)20-14-17(10-11-21(20)25(16)12-6-7-13-32(29,30)31)15-26-22(27)18-8-4-5-9-19(18)23(26)28/h4-5,8-11,14H,6-7,12-13,15H2,1-3H3/p+1. The molecule has 0 unspecified atom stereocenters. The van der Waals surface area contributed by atoms with Gasteiger partial charge >= 0.3 is 0 Å². The van der Waals surface area contributed by atoms with Crippen LogP contribution in [0, 0.1) is 0 Å². The molecule has 32 heavy (non-hydrogen) atoms. The Morgan fingerprint density at radius 2 is 1.62 bits per heavy atom. The van der Waals surface area contributed by atoms with Crippen molar-refractivity contribution >= 4 is 33.3 Å². The zero-order valence-corrected chi connectivity index (χ0v) is 19.3. The predicted octanol–water partition coefficient (Wildman–Crippen LogP) is 3.55. The molecular weight excluding hydrogens is 428 g/mol. The van der Waals surface area contributed by atoms with Gasteiger partial charge in [0.25, 0.3) is 21.9 Å². The average Bonchev–Trinajstić information content (AvgIpc) is 3.08. The van der Waals surface area contributed by atoms with Crippen LogP contribution in [0.15, 0.2) is 42.5 Å². The summed E-state index contributed by atoms with van der Waals surface area (Å²) in [4.78, 5) is 26.7. The first-order chi connectivity index (χ1) is 15.0. The van der Waals surface area contributed by atoms with Crippen molar-refractivity contribution in [2.24, 2.45) is 0 Å². The Kier molecular flexibility index (Phi) is 5.55. The molecule has 4 rings (SSSR count). The Hall–Kier alpha value is -2.84. The number of carbonyl (C=O) groups excluding carboxylic acids is 2. The van der Waals surface area contributed by atoms with Crippen molar-refractivity contribution in [3.8, 4) is 0 Å². The van der Waals surface area contributed by atoms with Crippen molar-refractivity contribution in [2.75, 3.05) is 12.3 Å². The first kappa shape index (κ1) is 22.4. The van der Waals surface area contributed by atoms with Gasteiger partial charge in [-0.1, -0.05) is 18.2 Å². The third-order valence-electron chi connectivity index (χ3n) is 6.59. The second-order valence-corrected chi connectivity index (χ2v) is 10.5. The lowest BCUT2D eigenvalue weighted by atomic mass is 9.81. The summed E-state index contributed by atoms with van der Waals surface area (Å²) in [6, 6.07) is 12.9. The molecule has 2 aliphatic heterocycles. The summed E-state index contributed by atoms with van der Waals surface area (Å²) >= 11 is 0. The van der Waals surface area contributed by atoms with Gasteiger partial charge in [-0.15, -0.1) is 0 Å². The molecule has 2 amide bonds. The topological polar surface area (TPSA) is 94.8 Å². The van der Waals surface area contributed by atoms with Crippen molar-refractivity contribution < 1.29 is 27.1 Å². The molecule has 2 aromatic rings. The minimum Gasteiger partial charge on any atom is -0.286 e. The molecular formula is C24H27N2O5S+. The summed E-state index contributed by atoms with van der Waals surface area (Å²) in [7, 11) is -3.95. The number of amides is 2. The highest BCUT2D eigenvalue weighted by Crippen LogP contribution is 2.40. The molecule has 0 fully saturated rings. The second-order valence-electron chi connectivity index (χ2n) is 8.95. The molecule has 0 spiro atoms. The lowest BCUT2D eigenvalue weighted by molar-refractivity contribution is -0.439.